The Balaban J connectivity index is 0.885. The van der Waals surface area contributed by atoms with Gasteiger partial charge in [0.25, 0.3) is 0 Å². The monoisotopic (exact) mass is 834 g/mol. The molecule has 0 amide bonds. The molecule has 1 aliphatic rings. The Hall–Kier alpha value is -7.10. The Morgan fingerprint density at radius 2 is 0.873 bits per heavy atom. The van der Waals surface area contributed by atoms with Crippen LogP contribution in [0, 0.1) is 0 Å². The van der Waals surface area contributed by atoms with Gasteiger partial charge in [0.05, 0.1) is 0 Å². The van der Waals surface area contributed by atoms with E-state index < -0.39 is 0 Å². The molecule has 0 saturated heterocycles. The third-order valence-electron chi connectivity index (χ3n) is 14.2. The van der Waals surface area contributed by atoms with Crippen LogP contribution in [-0.2, 0) is 5.41 Å². The van der Waals surface area contributed by atoms with Crippen LogP contribution in [0.2, 0.25) is 0 Å². The van der Waals surface area contributed by atoms with Crippen LogP contribution >= 0.6 is 22.7 Å². The summed E-state index contributed by atoms with van der Waals surface area (Å²) in [5.41, 5.74) is 13.0. The molecule has 14 rings (SSSR count). The summed E-state index contributed by atoms with van der Waals surface area (Å²) in [5, 5.41) is 15.8. The third kappa shape index (κ3) is 5.02. The normalized spacial score (nSPS) is 13.4. The first-order valence-corrected chi connectivity index (χ1v) is 23.5. The average molecular weight is 835 g/mol. The van der Waals surface area contributed by atoms with Crippen molar-refractivity contribution in [1.82, 2.24) is 0 Å². The molecule has 0 radical (unpaired) electrons. The van der Waals surface area contributed by atoms with Crippen molar-refractivity contribution >= 4 is 106 Å². The van der Waals surface area contributed by atoms with Gasteiger partial charge >= 0.3 is 0 Å². The van der Waals surface area contributed by atoms with Crippen molar-refractivity contribution in [2.45, 2.75) is 19.3 Å². The number of hydrogen-bond donors (Lipinski definition) is 0. The third-order valence-corrected chi connectivity index (χ3v) is 16.6. The van der Waals surface area contributed by atoms with E-state index in [0.717, 1.165) is 0 Å². The first-order valence-electron chi connectivity index (χ1n) is 21.9. The predicted octanol–water partition coefficient (Wildman–Crippen LogP) is 18.3. The van der Waals surface area contributed by atoms with Gasteiger partial charge < -0.3 is 0 Å². The number of fused-ring (bicyclic) bond motifs is 14. The van der Waals surface area contributed by atoms with E-state index in [1.807, 2.05) is 22.7 Å². The van der Waals surface area contributed by atoms with Crippen LogP contribution in [0.1, 0.15) is 25.0 Å². The zero-order valence-electron chi connectivity index (χ0n) is 34.8. The minimum Gasteiger partial charge on any atom is -0.135 e. The fourth-order valence-electron chi connectivity index (χ4n) is 11.2. The Kier molecular flexibility index (Phi) is 7.31. The van der Waals surface area contributed by atoms with E-state index in [1.165, 1.54) is 139 Å². The highest BCUT2D eigenvalue weighted by Gasteiger charge is 2.36. The first kappa shape index (κ1) is 35.5. The van der Waals surface area contributed by atoms with Crippen LogP contribution in [-0.4, -0.2) is 0 Å². The molecule has 2 aromatic heterocycles. The van der Waals surface area contributed by atoms with Gasteiger partial charge in [-0.1, -0.05) is 178 Å². The van der Waals surface area contributed by atoms with Gasteiger partial charge in [-0.25, -0.2) is 0 Å². The molecular formula is C61H38S2. The molecule has 0 saturated carbocycles. The van der Waals surface area contributed by atoms with E-state index >= 15 is 0 Å². The van der Waals surface area contributed by atoms with Gasteiger partial charge in [0.2, 0.25) is 0 Å². The predicted molar refractivity (Wildman–Crippen MR) is 276 cm³/mol. The summed E-state index contributed by atoms with van der Waals surface area (Å²) in [6, 6.07) is 73.4. The van der Waals surface area contributed by atoms with Gasteiger partial charge in [-0.2, -0.15) is 0 Å². The fraction of sp³-hybridized carbons (Fsp3) is 0.0492. The molecule has 11 aromatic carbocycles. The molecule has 0 bridgehead atoms. The van der Waals surface area contributed by atoms with Gasteiger partial charge in [-0.15, -0.1) is 22.7 Å². The molecule has 0 fully saturated rings. The summed E-state index contributed by atoms with van der Waals surface area (Å²) >= 11 is 3.85. The van der Waals surface area contributed by atoms with Crippen LogP contribution in [0.25, 0.3) is 128 Å². The van der Waals surface area contributed by atoms with Crippen LogP contribution in [0.3, 0.4) is 0 Å². The molecule has 2 heteroatoms. The van der Waals surface area contributed by atoms with E-state index in [-0.39, 0.29) is 5.41 Å². The lowest BCUT2D eigenvalue weighted by molar-refractivity contribution is 0.660. The topological polar surface area (TPSA) is 0 Å². The molecule has 2 heterocycles. The lowest BCUT2D eigenvalue weighted by atomic mass is 9.80. The van der Waals surface area contributed by atoms with Gasteiger partial charge in [0.1, 0.15) is 0 Å². The molecule has 0 unspecified atom stereocenters. The second kappa shape index (κ2) is 13.0. The highest BCUT2D eigenvalue weighted by atomic mass is 32.1. The van der Waals surface area contributed by atoms with E-state index in [0.29, 0.717) is 0 Å². The number of thiophene rings is 2. The quantitative estimate of drug-likeness (QED) is 0.156. The molecule has 0 aliphatic heterocycles. The Labute approximate surface area is 372 Å². The van der Waals surface area contributed by atoms with Crippen LogP contribution in [0.15, 0.2) is 194 Å². The molecule has 0 nitrogen and oxygen atoms in total. The summed E-state index contributed by atoms with van der Waals surface area (Å²) in [6.07, 6.45) is 0. The van der Waals surface area contributed by atoms with Gasteiger partial charge in [-0.3, -0.25) is 0 Å². The van der Waals surface area contributed by atoms with Crippen molar-refractivity contribution in [3.8, 4) is 44.5 Å². The molecule has 0 spiro atoms. The average Bonchev–Trinajstić information content (AvgIpc) is 3.95. The van der Waals surface area contributed by atoms with Crippen molar-refractivity contribution in [2.75, 3.05) is 0 Å². The minimum absolute atomic E-state index is 0.146. The second-order valence-electron chi connectivity index (χ2n) is 17.9. The Bertz CT molecular complexity index is 4060. The van der Waals surface area contributed by atoms with Crippen molar-refractivity contribution in [3.63, 3.8) is 0 Å². The summed E-state index contributed by atoms with van der Waals surface area (Å²) < 4.78 is 5.45. The Morgan fingerprint density at radius 1 is 0.302 bits per heavy atom. The zero-order chi connectivity index (χ0) is 41.6. The number of rotatable bonds is 3. The van der Waals surface area contributed by atoms with Crippen molar-refractivity contribution in [2.24, 2.45) is 0 Å². The zero-order valence-corrected chi connectivity index (χ0v) is 36.4. The largest absolute Gasteiger partial charge is 0.135 e. The summed E-state index contributed by atoms with van der Waals surface area (Å²) in [5.74, 6) is 0. The summed E-state index contributed by atoms with van der Waals surface area (Å²) in [4.78, 5) is 0. The maximum atomic E-state index is 2.50. The van der Waals surface area contributed by atoms with Crippen molar-refractivity contribution < 1.29 is 0 Å². The Morgan fingerprint density at radius 3 is 1.65 bits per heavy atom. The van der Waals surface area contributed by atoms with E-state index in [9.17, 15) is 0 Å². The number of hydrogen-bond acceptors (Lipinski definition) is 2. The molecule has 294 valence electrons. The van der Waals surface area contributed by atoms with Gasteiger partial charge in [0, 0.05) is 45.8 Å². The first-order chi connectivity index (χ1) is 31.0. The fourth-order valence-corrected chi connectivity index (χ4v) is 13.7. The SMILES string of the molecule is CC1(C)c2ccc(-c3ccc4c(c3)sc3cc5sc6c7ccccc7ccc6c5cc34)cc2-c2ccc(-c3c4ccccc4c(-c4cccc5ccccc45)c4ccccc34)cc21. The van der Waals surface area contributed by atoms with E-state index in [1.54, 1.807) is 0 Å². The van der Waals surface area contributed by atoms with E-state index in [2.05, 4.69) is 208 Å². The van der Waals surface area contributed by atoms with Crippen molar-refractivity contribution in [3.05, 3.63) is 205 Å². The summed E-state index contributed by atoms with van der Waals surface area (Å²) in [7, 11) is 0. The second-order valence-corrected chi connectivity index (χ2v) is 20.1. The summed E-state index contributed by atoms with van der Waals surface area (Å²) in [6.45, 7) is 4.81. The molecule has 1 aliphatic carbocycles. The lowest BCUT2D eigenvalue weighted by Gasteiger charge is -2.23. The molecule has 0 N–H and O–H groups in total. The van der Waals surface area contributed by atoms with Crippen molar-refractivity contribution in [1.29, 1.82) is 0 Å². The standard InChI is InChI=1S/C61H38S2/c1-61(2)53-29-25-37(38-23-27-43-51-33-52-49-28-22-36-13-4-6-16-41(36)60(49)63-57(52)34-56(51)62-55(43)32-38)30-50(53)42-26-24-39(31-54(42)61)58-45-17-7-9-19-47(45)59(48-20-10-8-18-46(48)58)44-21-11-14-35-12-3-5-15-40(35)44/h3-34H,1-2H3. The molecular weight excluding hydrogens is 797 g/mol. The lowest BCUT2D eigenvalue weighted by Crippen LogP contribution is -2.15. The maximum Gasteiger partial charge on any atom is 0.0433 e. The maximum absolute atomic E-state index is 2.50. The van der Waals surface area contributed by atoms with Gasteiger partial charge in [0.15, 0.2) is 0 Å². The molecule has 0 atom stereocenters. The number of benzene rings is 11. The van der Waals surface area contributed by atoms with E-state index in [4.69, 9.17) is 0 Å². The van der Waals surface area contributed by atoms with Crippen LogP contribution in [0.5, 0.6) is 0 Å². The highest BCUT2D eigenvalue weighted by Crippen LogP contribution is 2.53. The highest BCUT2D eigenvalue weighted by molar-refractivity contribution is 7.28. The molecule has 63 heavy (non-hydrogen) atoms. The minimum atomic E-state index is -0.146. The van der Waals surface area contributed by atoms with Crippen LogP contribution in [0.4, 0.5) is 0 Å². The molecule has 13 aromatic rings. The van der Waals surface area contributed by atoms with Gasteiger partial charge in [-0.05, 0) is 129 Å². The van der Waals surface area contributed by atoms with Crippen LogP contribution < -0.4 is 0 Å². The smallest absolute Gasteiger partial charge is 0.0433 e.